The Morgan fingerprint density at radius 1 is 1.21 bits per heavy atom. The van der Waals surface area contributed by atoms with Gasteiger partial charge in [0.05, 0.1) is 33.5 Å². The fourth-order valence-corrected chi connectivity index (χ4v) is 1.90. The van der Waals surface area contributed by atoms with Crippen LogP contribution in [-0.4, -0.2) is 51.6 Å². The number of carbonyl (C=O) groups excluding carboxylic acids is 1. The highest BCUT2D eigenvalue weighted by Gasteiger charge is 2.46. The molecule has 0 amide bonds. The molecule has 0 spiro atoms. The molecule has 0 radical (unpaired) electrons. The molecule has 0 aromatic carbocycles. The number of esters is 1. The Kier molecular flexibility index (Phi) is 4.71. The second kappa shape index (κ2) is 6.29. The molecule has 19 heavy (non-hydrogen) atoms. The quantitative estimate of drug-likeness (QED) is 0.427. The van der Waals surface area contributed by atoms with Crippen molar-refractivity contribution in [1.29, 1.82) is 0 Å². The molecule has 0 atom stereocenters. The molecule has 6 heteroatoms. The summed E-state index contributed by atoms with van der Waals surface area (Å²) in [4.78, 5) is 11.2. The van der Waals surface area contributed by atoms with Crippen LogP contribution in [0.25, 0.3) is 0 Å². The van der Waals surface area contributed by atoms with E-state index in [0.717, 1.165) is 0 Å². The van der Waals surface area contributed by atoms with E-state index in [1.165, 1.54) is 7.11 Å². The summed E-state index contributed by atoms with van der Waals surface area (Å²) in [5, 5.41) is 0. The maximum Gasteiger partial charge on any atom is 0.333 e. The van der Waals surface area contributed by atoms with Gasteiger partial charge in [0.15, 0.2) is 0 Å². The first-order valence-corrected chi connectivity index (χ1v) is 6.13. The molecule has 106 valence electrons. The molecule has 2 aliphatic heterocycles. The van der Waals surface area contributed by atoms with E-state index in [1.807, 2.05) is 0 Å². The van der Waals surface area contributed by atoms with E-state index in [0.29, 0.717) is 32.0 Å². The lowest BCUT2D eigenvalue weighted by molar-refractivity contribution is -0.252. The summed E-state index contributed by atoms with van der Waals surface area (Å²) in [6.45, 7) is 3.66. The van der Waals surface area contributed by atoms with Gasteiger partial charge in [-0.25, -0.2) is 4.79 Å². The Balaban J connectivity index is 2.06. The van der Waals surface area contributed by atoms with Crippen LogP contribution >= 0.6 is 0 Å². The number of carbonyl (C=O) groups is 1. The molecular formula is C13H18O6. The molecule has 0 saturated carbocycles. The van der Waals surface area contributed by atoms with Gasteiger partial charge < -0.3 is 23.7 Å². The number of hydrogen-bond donors (Lipinski definition) is 0. The van der Waals surface area contributed by atoms with Crippen LogP contribution in [0.2, 0.25) is 0 Å². The van der Waals surface area contributed by atoms with E-state index < -0.39 is 12.1 Å². The van der Waals surface area contributed by atoms with Gasteiger partial charge in [0.2, 0.25) is 12.1 Å². The molecule has 2 heterocycles. The number of allylic oxidation sites excluding steroid dienone is 2. The first kappa shape index (κ1) is 14.2. The van der Waals surface area contributed by atoms with Crippen molar-refractivity contribution in [2.24, 2.45) is 0 Å². The van der Waals surface area contributed by atoms with Crippen molar-refractivity contribution in [3.05, 3.63) is 23.8 Å². The molecule has 0 unspecified atom stereocenters. The third-order valence-corrected chi connectivity index (χ3v) is 2.87. The maximum absolute atomic E-state index is 11.2. The summed E-state index contributed by atoms with van der Waals surface area (Å²) in [6.07, 6.45) is 4.44. The molecular weight excluding hydrogens is 252 g/mol. The lowest BCUT2D eigenvalue weighted by Gasteiger charge is -2.28. The van der Waals surface area contributed by atoms with E-state index in [1.54, 1.807) is 25.2 Å². The van der Waals surface area contributed by atoms with Gasteiger partial charge in [0, 0.05) is 5.57 Å². The van der Waals surface area contributed by atoms with Crippen molar-refractivity contribution in [2.45, 2.75) is 19.0 Å². The van der Waals surface area contributed by atoms with Gasteiger partial charge in [-0.3, -0.25) is 0 Å². The van der Waals surface area contributed by atoms with Crippen LogP contribution in [0.4, 0.5) is 0 Å². The number of hydrogen-bond acceptors (Lipinski definition) is 6. The fraction of sp³-hybridized carbons (Fsp3) is 0.615. The van der Waals surface area contributed by atoms with Crippen molar-refractivity contribution in [2.75, 3.05) is 33.5 Å². The van der Waals surface area contributed by atoms with E-state index in [-0.39, 0.29) is 5.97 Å². The smallest absolute Gasteiger partial charge is 0.333 e. The van der Waals surface area contributed by atoms with Crippen molar-refractivity contribution in [1.82, 2.24) is 0 Å². The normalized spacial score (nSPS) is 24.2. The average Bonchev–Trinajstić information content (AvgIpc) is 3.08. The van der Waals surface area contributed by atoms with E-state index in [4.69, 9.17) is 18.9 Å². The Hall–Kier alpha value is -1.21. The van der Waals surface area contributed by atoms with Gasteiger partial charge in [-0.1, -0.05) is 12.2 Å². The minimum Gasteiger partial charge on any atom is -0.466 e. The van der Waals surface area contributed by atoms with Crippen LogP contribution in [-0.2, 0) is 28.5 Å². The summed E-state index contributed by atoms with van der Waals surface area (Å²) in [5.41, 5.74) is 0.486. The highest BCUT2D eigenvalue weighted by Crippen LogP contribution is 2.30. The van der Waals surface area contributed by atoms with Crippen molar-refractivity contribution in [3.8, 4) is 0 Å². The standard InChI is InChI=1S/C13H18O6/c1-10(11(14)15-2)4-3-5-13(18-8-9-19-13)12-16-6-7-17-12/h3-5,12H,6-9H2,1-2H3/b5-3+,10-4+. The lowest BCUT2D eigenvalue weighted by atomic mass is 10.2. The van der Waals surface area contributed by atoms with E-state index in [2.05, 4.69) is 4.74 Å². The lowest BCUT2D eigenvalue weighted by Crippen LogP contribution is -2.42. The molecule has 0 N–H and O–H groups in total. The van der Waals surface area contributed by atoms with Gasteiger partial charge in [-0.2, -0.15) is 0 Å². The average molecular weight is 270 g/mol. The fourth-order valence-electron chi connectivity index (χ4n) is 1.90. The Morgan fingerprint density at radius 2 is 1.84 bits per heavy atom. The SMILES string of the molecule is COC(=O)/C(C)=C/C=C/C1(C2OCCO2)OCCO1. The molecule has 0 aliphatic carbocycles. The number of rotatable bonds is 4. The van der Waals surface area contributed by atoms with Crippen LogP contribution in [0, 0.1) is 0 Å². The van der Waals surface area contributed by atoms with Crippen molar-refractivity contribution < 1.29 is 28.5 Å². The first-order chi connectivity index (χ1) is 9.18. The van der Waals surface area contributed by atoms with Crippen molar-refractivity contribution >= 4 is 5.97 Å². The van der Waals surface area contributed by atoms with Crippen LogP contribution < -0.4 is 0 Å². The summed E-state index contributed by atoms with van der Waals surface area (Å²) in [6, 6.07) is 0. The van der Waals surface area contributed by atoms with E-state index in [9.17, 15) is 4.79 Å². The van der Waals surface area contributed by atoms with Gasteiger partial charge in [-0.15, -0.1) is 0 Å². The second-order valence-electron chi connectivity index (χ2n) is 4.19. The minimum absolute atomic E-state index is 0.375. The van der Waals surface area contributed by atoms with Crippen LogP contribution in [0.3, 0.4) is 0 Å². The number of methoxy groups -OCH3 is 1. The molecule has 2 aliphatic rings. The van der Waals surface area contributed by atoms with Gasteiger partial charge in [-0.05, 0) is 13.0 Å². The largest absolute Gasteiger partial charge is 0.466 e. The zero-order valence-electron chi connectivity index (χ0n) is 11.1. The first-order valence-electron chi connectivity index (χ1n) is 6.13. The summed E-state index contributed by atoms with van der Waals surface area (Å²) < 4.78 is 26.6. The van der Waals surface area contributed by atoms with Crippen LogP contribution in [0.5, 0.6) is 0 Å². The zero-order valence-corrected chi connectivity index (χ0v) is 11.1. The molecule has 0 bridgehead atoms. The Bertz CT molecular complexity index is 375. The summed E-state index contributed by atoms with van der Waals surface area (Å²) in [7, 11) is 1.34. The monoisotopic (exact) mass is 270 g/mol. The van der Waals surface area contributed by atoms with Crippen LogP contribution in [0.15, 0.2) is 23.8 Å². The minimum atomic E-state index is -1.02. The second-order valence-corrected chi connectivity index (χ2v) is 4.19. The van der Waals surface area contributed by atoms with Crippen LogP contribution in [0.1, 0.15) is 6.92 Å². The Morgan fingerprint density at radius 3 is 2.42 bits per heavy atom. The van der Waals surface area contributed by atoms with Crippen molar-refractivity contribution in [3.63, 3.8) is 0 Å². The zero-order chi connectivity index (χ0) is 13.7. The predicted molar refractivity (Wildman–Crippen MR) is 65.2 cm³/mol. The third-order valence-electron chi connectivity index (χ3n) is 2.87. The van der Waals surface area contributed by atoms with Gasteiger partial charge >= 0.3 is 5.97 Å². The molecule has 2 rings (SSSR count). The summed E-state index contributed by atoms with van der Waals surface area (Å²) in [5.74, 6) is -1.40. The molecule has 0 aromatic rings. The molecule has 6 nitrogen and oxygen atoms in total. The summed E-state index contributed by atoms with van der Waals surface area (Å²) >= 11 is 0. The van der Waals surface area contributed by atoms with Gasteiger partial charge in [0.1, 0.15) is 0 Å². The van der Waals surface area contributed by atoms with Gasteiger partial charge in [0.25, 0.3) is 0 Å². The Labute approximate surface area is 111 Å². The third kappa shape index (κ3) is 3.22. The molecule has 2 saturated heterocycles. The predicted octanol–water partition coefficient (Wildman–Crippen LogP) is 0.778. The molecule has 0 aromatic heterocycles. The van der Waals surface area contributed by atoms with E-state index >= 15 is 0 Å². The number of ether oxygens (including phenoxy) is 5. The highest BCUT2D eigenvalue weighted by molar-refractivity contribution is 5.87. The molecule has 2 fully saturated rings. The topological polar surface area (TPSA) is 63.2 Å². The maximum atomic E-state index is 11.2. The highest BCUT2D eigenvalue weighted by atomic mass is 16.8.